The number of carbonyl (C=O) groups is 1. The number of hydrogen-bond donors (Lipinski definition) is 0. The largest absolute Gasteiger partial charge is 0.419 e. The Morgan fingerprint density at radius 2 is 1.89 bits per heavy atom. The number of anilines is 1. The molecule has 0 aliphatic carbocycles. The van der Waals surface area contributed by atoms with E-state index in [1.165, 1.54) is 10.6 Å². The number of rotatable bonds is 3. The van der Waals surface area contributed by atoms with Gasteiger partial charge in [-0.1, -0.05) is 17.7 Å². The first-order chi connectivity index (χ1) is 12.8. The van der Waals surface area contributed by atoms with E-state index in [2.05, 4.69) is 4.98 Å². The van der Waals surface area contributed by atoms with Gasteiger partial charge in [-0.3, -0.25) is 14.5 Å². The molecule has 6 nitrogen and oxygen atoms in total. The molecule has 1 amide bonds. The predicted octanol–water partition coefficient (Wildman–Crippen LogP) is 1.68. The SMILES string of the molecule is O=C(Cn1ccccc1=O)N1CCN(c2[nH+]cc(C(F)(F)F)cc2Cl)CC1. The van der Waals surface area contributed by atoms with Crippen LogP contribution in [0.4, 0.5) is 19.0 Å². The monoisotopic (exact) mass is 401 g/mol. The lowest BCUT2D eigenvalue weighted by atomic mass is 10.2. The Kier molecular flexibility index (Phi) is 5.41. The van der Waals surface area contributed by atoms with E-state index < -0.39 is 11.7 Å². The van der Waals surface area contributed by atoms with Crippen LogP contribution in [-0.2, 0) is 17.5 Å². The van der Waals surface area contributed by atoms with E-state index in [0.717, 1.165) is 12.3 Å². The van der Waals surface area contributed by atoms with Gasteiger partial charge in [-0.05, 0) is 12.1 Å². The van der Waals surface area contributed by atoms with Crippen LogP contribution in [0.5, 0.6) is 0 Å². The highest BCUT2D eigenvalue weighted by Gasteiger charge is 2.34. The van der Waals surface area contributed by atoms with Gasteiger partial charge in [0.25, 0.3) is 11.4 Å². The fourth-order valence-corrected chi connectivity index (χ4v) is 3.18. The standard InChI is InChI=1S/C17H16ClF3N4O2/c18-13-9-12(17(19,20)21)10-22-16(13)24-7-5-23(6-8-24)15(27)11-25-4-2-1-3-14(25)26/h1-4,9-10H,5-8,11H2/p+1. The highest BCUT2D eigenvalue weighted by atomic mass is 35.5. The Bertz CT molecular complexity index is 892. The van der Waals surface area contributed by atoms with E-state index in [0.29, 0.717) is 32.0 Å². The molecule has 0 aromatic carbocycles. The van der Waals surface area contributed by atoms with Gasteiger partial charge in [0.2, 0.25) is 5.91 Å². The minimum Gasteiger partial charge on any atom is -0.333 e. The van der Waals surface area contributed by atoms with E-state index in [1.807, 2.05) is 0 Å². The average molecular weight is 402 g/mol. The summed E-state index contributed by atoms with van der Waals surface area (Å²) in [5.41, 5.74) is -1.10. The number of pyridine rings is 2. The molecule has 1 aliphatic heterocycles. The lowest BCUT2D eigenvalue weighted by Gasteiger charge is -2.31. The van der Waals surface area contributed by atoms with Crippen molar-refractivity contribution >= 4 is 23.3 Å². The summed E-state index contributed by atoms with van der Waals surface area (Å²) in [7, 11) is 0. The number of H-pyrrole nitrogens is 1. The molecular formula is C17H17ClF3N4O2+. The molecule has 27 heavy (non-hydrogen) atoms. The van der Waals surface area contributed by atoms with Crippen molar-refractivity contribution in [3.05, 3.63) is 57.6 Å². The second kappa shape index (κ2) is 7.59. The highest BCUT2D eigenvalue weighted by molar-refractivity contribution is 6.32. The summed E-state index contributed by atoms with van der Waals surface area (Å²) in [4.78, 5) is 30.1. The first-order valence-corrected chi connectivity index (χ1v) is 8.60. The molecule has 10 heteroatoms. The third-order valence-electron chi connectivity index (χ3n) is 4.35. The Morgan fingerprint density at radius 3 is 2.48 bits per heavy atom. The zero-order valence-corrected chi connectivity index (χ0v) is 14.9. The Morgan fingerprint density at radius 1 is 1.19 bits per heavy atom. The lowest BCUT2D eigenvalue weighted by molar-refractivity contribution is -0.367. The van der Waals surface area contributed by atoms with Crippen molar-refractivity contribution in [2.75, 3.05) is 31.1 Å². The van der Waals surface area contributed by atoms with Crippen LogP contribution in [0, 0.1) is 0 Å². The number of nitrogens with zero attached hydrogens (tertiary/aromatic N) is 3. The Labute approximate surface area is 157 Å². The number of aromatic nitrogens is 2. The fraction of sp³-hybridized carbons (Fsp3) is 0.353. The maximum atomic E-state index is 12.7. The number of aromatic amines is 1. The van der Waals surface area contributed by atoms with Crippen LogP contribution in [-0.4, -0.2) is 41.6 Å². The molecule has 2 aromatic heterocycles. The first kappa shape index (κ1) is 19.2. The fourth-order valence-electron chi connectivity index (χ4n) is 2.88. The van der Waals surface area contributed by atoms with Gasteiger partial charge in [0, 0.05) is 12.3 Å². The van der Waals surface area contributed by atoms with E-state index in [1.54, 1.807) is 28.1 Å². The summed E-state index contributed by atoms with van der Waals surface area (Å²) in [5, 5.41) is -0.0274. The zero-order valence-electron chi connectivity index (χ0n) is 14.2. The van der Waals surface area contributed by atoms with Gasteiger partial charge in [-0.15, -0.1) is 0 Å². The number of carbonyl (C=O) groups excluding carboxylic acids is 1. The van der Waals surface area contributed by atoms with Crippen LogP contribution in [0.3, 0.4) is 0 Å². The molecule has 144 valence electrons. The molecule has 1 saturated heterocycles. The van der Waals surface area contributed by atoms with Crippen LogP contribution >= 0.6 is 11.6 Å². The van der Waals surface area contributed by atoms with Gasteiger partial charge in [0.15, 0.2) is 0 Å². The predicted molar refractivity (Wildman–Crippen MR) is 92.5 cm³/mol. The topological polar surface area (TPSA) is 59.7 Å². The van der Waals surface area contributed by atoms with E-state index in [4.69, 9.17) is 11.6 Å². The second-order valence-electron chi connectivity index (χ2n) is 6.12. The first-order valence-electron chi connectivity index (χ1n) is 8.22. The summed E-state index contributed by atoms with van der Waals surface area (Å²) in [6, 6.07) is 5.54. The maximum absolute atomic E-state index is 12.7. The van der Waals surface area contributed by atoms with Crippen LogP contribution in [0.25, 0.3) is 0 Å². The maximum Gasteiger partial charge on any atom is 0.419 e. The molecular weight excluding hydrogens is 385 g/mol. The molecule has 0 atom stereocenters. The van der Waals surface area contributed by atoms with Crippen molar-refractivity contribution in [1.82, 2.24) is 9.47 Å². The number of nitrogens with one attached hydrogen (secondary N) is 1. The second-order valence-corrected chi connectivity index (χ2v) is 6.52. The summed E-state index contributed by atoms with van der Waals surface area (Å²) in [5.74, 6) is 0.196. The molecule has 0 radical (unpaired) electrons. The van der Waals surface area contributed by atoms with Crippen LogP contribution < -0.4 is 15.4 Å². The van der Waals surface area contributed by atoms with Gasteiger partial charge < -0.3 is 9.47 Å². The molecule has 3 rings (SSSR count). The summed E-state index contributed by atoms with van der Waals surface area (Å²) in [6.45, 7) is 1.54. The summed E-state index contributed by atoms with van der Waals surface area (Å²) in [6.07, 6.45) is -2.05. The van der Waals surface area contributed by atoms with Gasteiger partial charge in [0.05, 0.1) is 18.7 Å². The van der Waals surface area contributed by atoms with Gasteiger partial charge >= 0.3 is 6.18 Å². The molecule has 0 bridgehead atoms. The highest BCUT2D eigenvalue weighted by Crippen LogP contribution is 2.32. The van der Waals surface area contributed by atoms with Crippen molar-refractivity contribution in [3.8, 4) is 0 Å². The molecule has 0 spiro atoms. The minimum absolute atomic E-state index is 0.0274. The molecule has 1 aliphatic rings. The van der Waals surface area contributed by atoms with E-state index in [9.17, 15) is 22.8 Å². The number of piperazine rings is 1. The molecule has 1 fully saturated rings. The normalized spacial score (nSPS) is 15.1. The third-order valence-corrected chi connectivity index (χ3v) is 4.64. The van der Waals surface area contributed by atoms with Gasteiger partial charge in [-0.25, -0.2) is 4.98 Å². The zero-order chi connectivity index (χ0) is 19.6. The molecule has 1 N–H and O–H groups in total. The van der Waals surface area contributed by atoms with Crippen molar-refractivity contribution in [2.24, 2.45) is 0 Å². The van der Waals surface area contributed by atoms with Crippen molar-refractivity contribution in [3.63, 3.8) is 0 Å². The number of halogens is 4. The van der Waals surface area contributed by atoms with E-state index in [-0.39, 0.29) is 23.0 Å². The summed E-state index contributed by atoms with van der Waals surface area (Å²) < 4.78 is 39.5. The Hall–Kier alpha value is -2.55. The van der Waals surface area contributed by atoms with E-state index >= 15 is 0 Å². The molecule has 2 aromatic rings. The molecule has 3 heterocycles. The van der Waals surface area contributed by atoms with Crippen LogP contribution in [0.15, 0.2) is 41.5 Å². The third kappa shape index (κ3) is 4.41. The molecule has 0 unspecified atom stereocenters. The average Bonchev–Trinajstić information content (AvgIpc) is 2.63. The van der Waals surface area contributed by atoms with Crippen molar-refractivity contribution in [2.45, 2.75) is 12.7 Å². The summed E-state index contributed by atoms with van der Waals surface area (Å²) >= 11 is 6.00. The molecule has 0 saturated carbocycles. The van der Waals surface area contributed by atoms with Crippen LogP contribution in [0.2, 0.25) is 5.02 Å². The van der Waals surface area contributed by atoms with Crippen molar-refractivity contribution < 1.29 is 22.9 Å². The Balaban J connectivity index is 1.63. The van der Waals surface area contributed by atoms with Crippen molar-refractivity contribution in [1.29, 1.82) is 0 Å². The number of hydrogen-bond acceptors (Lipinski definition) is 3. The van der Waals surface area contributed by atoms with Crippen LogP contribution in [0.1, 0.15) is 5.56 Å². The number of alkyl halides is 3. The lowest BCUT2D eigenvalue weighted by Crippen LogP contribution is -2.51. The minimum atomic E-state index is -4.47. The number of amides is 1. The quantitative estimate of drug-likeness (QED) is 0.786. The van der Waals surface area contributed by atoms with Gasteiger partial charge in [-0.2, -0.15) is 13.2 Å². The smallest absolute Gasteiger partial charge is 0.333 e. The van der Waals surface area contributed by atoms with Gasteiger partial charge in [0.1, 0.15) is 30.9 Å².